The largest absolute Gasteiger partial charge is 0.459 e. The zero-order valence-electron chi connectivity index (χ0n) is 25.7. The fourth-order valence-corrected chi connectivity index (χ4v) is 9.65. The number of hydrogen-bond acceptors (Lipinski definition) is 7. The van der Waals surface area contributed by atoms with Crippen LogP contribution >= 0.6 is 6.89 Å². The molecule has 4 rings (SSSR count). The summed E-state index contributed by atoms with van der Waals surface area (Å²) in [6.45, 7) is 6.86. The fourth-order valence-electron chi connectivity index (χ4n) is 5.13. The molecule has 3 aromatic carbocycles. The van der Waals surface area contributed by atoms with Crippen molar-refractivity contribution in [3.05, 3.63) is 117 Å². The summed E-state index contributed by atoms with van der Waals surface area (Å²) in [5.74, 6) is -3.72. The van der Waals surface area contributed by atoms with Crippen molar-refractivity contribution in [1.82, 2.24) is 9.97 Å². The first-order valence-corrected chi connectivity index (χ1v) is 16.0. The molecule has 1 unspecified atom stereocenters. The Labute approximate surface area is 256 Å². The normalized spacial score (nSPS) is 12.7. The van der Waals surface area contributed by atoms with Crippen molar-refractivity contribution in [1.29, 1.82) is 0 Å². The molecule has 10 heteroatoms. The van der Waals surface area contributed by atoms with E-state index >= 15 is 0 Å². The van der Waals surface area contributed by atoms with Crippen molar-refractivity contribution >= 4 is 45.8 Å². The molecule has 0 aliphatic heterocycles. The zero-order chi connectivity index (χ0) is 32.3. The van der Waals surface area contributed by atoms with Gasteiger partial charge in [-0.2, -0.15) is 0 Å². The molecule has 0 spiro atoms. The third-order valence-electron chi connectivity index (χ3n) is 6.61. The number of ether oxygens (including phenoxy) is 2. The van der Waals surface area contributed by atoms with Gasteiger partial charge in [-0.3, -0.25) is 19.6 Å². The van der Waals surface area contributed by atoms with Crippen molar-refractivity contribution in [2.75, 3.05) is 5.73 Å². The predicted molar refractivity (Wildman–Crippen MR) is 177 cm³/mol. The van der Waals surface area contributed by atoms with Gasteiger partial charge < -0.3 is 15.2 Å². The molecular weight excluding hydrogens is 577 g/mol. The van der Waals surface area contributed by atoms with Gasteiger partial charge in [0.15, 0.2) is 0 Å². The van der Waals surface area contributed by atoms with E-state index in [1.165, 1.54) is 0 Å². The van der Waals surface area contributed by atoms with Gasteiger partial charge in [0.2, 0.25) is 0 Å². The molecule has 1 heterocycles. The van der Waals surface area contributed by atoms with Crippen LogP contribution in [0.15, 0.2) is 101 Å². The monoisotopic (exact) mass is 615 g/mol. The lowest BCUT2D eigenvalue weighted by atomic mass is 9.96. The highest BCUT2D eigenvalue weighted by Crippen LogP contribution is 2.50. The number of carbonyl (C=O) groups is 2. The Hall–Kier alpha value is -4.62. The molecule has 0 aliphatic rings. The Morgan fingerprint density at radius 1 is 0.682 bits per heavy atom. The summed E-state index contributed by atoms with van der Waals surface area (Å²) in [5.41, 5.74) is 2.23. The number of aromatic amines is 2. The molecule has 0 aliphatic carbocycles. The Bertz CT molecular complexity index is 1710. The van der Waals surface area contributed by atoms with E-state index in [2.05, 4.69) is 9.97 Å². The second-order valence-electron chi connectivity index (χ2n) is 12.3. The summed E-state index contributed by atoms with van der Waals surface area (Å²) in [7, 11) is 0. The van der Waals surface area contributed by atoms with Gasteiger partial charge in [0.05, 0.1) is 10.9 Å². The van der Waals surface area contributed by atoms with E-state index in [9.17, 15) is 19.2 Å². The smallest absolute Gasteiger partial charge is 0.336 e. The van der Waals surface area contributed by atoms with Crippen LogP contribution in [-0.4, -0.2) is 38.4 Å². The van der Waals surface area contributed by atoms with Crippen molar-refractivity contribution in [2.24, 2.45) is 0 Å². The van der Waals surface area contributed by atoms with E-state index in [0.717, 1.165) is 15.9 Å². The van der Waals surface area contributed by atoms with Gasteiger partial charge in [0.25, 0.3) is 5.56 Å². The Kier molecular flexibility index (Phi) is 9.21. The molecule has 0 bridgehead atoms. The number of nitrogens with two attached hydrogens (primary N) is 1. The van der Waals surface area contributed by atoms with Crippen molar-refractivity contribution in [3.63, 3.8) is 0 Å². The van der Waals surface area contributed by atoms with Gasteiger partial charge in [-0.25, -0.2) is 9.59 Å². The minimum absolute atomic E-state index is 0.0190. The zero-order valence-corrected chi connectivity index (χ0v) is 26.6. The Balaban J connectivity index is 2.40. The molecule has 0 saturated heterocycles. The third-order valence-corrected chi connectivity index (χ3v) is 11.0. The summed E-state index contributed by atoms with van der Waals surface area (Å²) in [6, 6.07) is 28.1. The number of nitrogen functional groups attached to an aromatic ring is 1. The minimum atomic E-state index is -3.36. The first kappa shape index (κ1) is 32.3. The molecule has 44 heavy (non-hydrogen) atoms. The lowest BCUT2D eigenvalue weighted by Crippen LogP contribution is -2.45. The van der Waals surface area contributed by atoms with Gasteiger partial charge >= 0.3 is 17.6 Å². The van der Waals surface area contributed by atoms with Crippen molar-refractivity contribution in [2.45, 2.75) is 58.7 Å². The molecule has 1 aromatic heterocycles. The summed E-state index contributed by atoms with van der Waals surface area (Å²) in [4.78, 5) is 59.7. The van der Waals surface area contributed by atoms with E-state index in [0.29, 0.717) is 0 Å². The highest BCUT2D eigenvalue weighted by atomic mass is 31.2. The quantitative estimate of drug-likeness (QED) is 0.213. The topological polar surface area (TPSA) is 144 Å². The first-order chi connectivity index (χ1) is 20.6. The summed E-state index contributed by atoms with van der Waals surface area (Å²) in [5, 5.41) is 2.17. The van der Waals surface area contributed by atoms with Gasteiger partial charge in [-0.1, -0.05) is 91.0 Å². The van der Waals surface area contributed by atoms with Gasteiger partial charge in [-0.05, 0) is 64.3 Å². The number of benzene rings is 3. The molecule has 4 N–H and O–H groups in total. The van der Waals surface area contributed by atoms with Crippen LogP contribution in [0, 0.1) is 0 Å². The standard InChI is InChI=1S/C34H38N3O6P/c1-33(2,3)42-30(39)25(26-28(35)36-32(41)37-29(26)38)27(31(40)43-34(4,5)6)44(22-16-10-7-11-17-22,23-18-12-8-13-19-23)24-20-14-9-15-21-24/h7-21,25H,1-6H3,(H4,35,36,37,38,41). The Morgan fingerprint density at radius 2 is 1.09 bits per heavy atom. The number of rotatable bonds is 7. The highest BCUT2D eigenvalue weighted by Gasteiger charge is 2.45. The van der Waals surface area contributed by atoms with Crippen LogP contribution in [0.2, 0.25) is 0 Å². The lowest BCUT2D eigenvalue weighted by Gasteiger charge is -2.36. The molecule has 230 valence electrons. The van der Waals surface area contributed by atoms with Crippen LogP contribution in [0.5, 0.6) is 0 Å². The molecule has 1 atom stereocenters. The van der Waals surface area contributed by atoms with Crippen molar-refractivity contribution < 1.29 is 19.1 Å². The van der Waals surface area contributed by atoms with Gasteiger partial charge in [0.1, 0.15) is 22.9 Å². The maximum absolute atomic E-state index is 14.8. The second kappa shape index (κ2) is 12.5. The first-order valence-electron chi connectivity index (χ1n) is 14.2. The molecule has 9 nitrogen and oxygen atoms in total. The van der Waals surface area contributed by atoms with Crippen LogP contribution in [-0.2, 0) is 19.1 Å². The molecule has 0 radical (unpaired) electrons. The number of H-pyrrole nitrogens is 2. The summed E-state index contributed by atoms with van der Waals surface area (Å²) < 4.78 is 12.0. The predicted octanol–water partition coefficient (Wildman–Crippen LogP) is 3.58. The molecule has 0 fully saturated rings. The molecule has 0 saturated carbocycles. The van der Waals surface area contributed by atoms with Crippen LogP contribution in [0.25, 0.3) is 0 Å². The van der Waals surface area contributed by atoms with E-state index < -0.39 is 47.2 Å². The minimum Gasteiger partial charge on any atom is -0.459 e. The van der Waals surface area contributed by atoms with Crippen LogP contribution in [0.1, 0.15) is 53.0 Å². The number of anilines is 1. The number of nitrogens with one attached hydrogen (secondary N) is 2. The fraction of sp³-hybridized carbons (Fsp3) is 0.265. The maximum atomic E-state index is 14.8. The van der Waals surface area contributed by atoms with E-state index in [1.807, 2.05) is 91.0 Å². The number of esters is 2. The van der Waals surface area contributed by atoms with Crippen molar-refractivity contribution in [3.8, 4) is 0 Å². The summed E-state index contributed by atoms with van der Waals surface area (Å²) in [6.07, 6.45) is 0. The van der Waals surface area contributed by atoms with Gasteiger partial charge in [-0.15, -0.1) is 0 Å². The SMILES string of the molecule is CC(C)(C)OC(=O)C(C(C(=O)OC(C)(C)C)c1c(N)[nH]c(=O)[nH]c1=O)=P(c1ccccc1)(c1ccccc1)c1ccccc1. The Morgan fingerprint density at radius 3 is 1.45 bits per heavy atom. The molecular formula is C34H38N3O6P. The number of carbonyl (C=O) groups excluding carboxylic acids is 2. The highest BCUT2D eigenvalue weighted by molar-refractivity contribution is 7.96. The number of aromatic nitrogens is 2. The second-order valence-corrected chi connectivity index (χ2v) is 15.6. The molecule has 0 amide bonds. The van der Waals surface area contributed by atoms with E-state index in [-0.39, 0.29) is 16.7 Å². The maximum Gasteiger partial charge on any atom is 0.336 e. The van der Waals surface area contributed by atoms with E-state index in [1.54, 1.807) is 41.5 Å². The van der Waals surface area contributed by atoms with Crippen LogP contribution in [0.3, 0.4) is 0 Å². The third kappa shape index (κ3) is 6.79. The average Bonchev–Trinajstić information content (AvgIpc) is 2.93. The van der Waals surface area contributed by atoms with E-state index in [4.69, 9.17) is 15.2 Å². The summed E-state index contributed by atoms with van der Waals surface area (Å²) >= 11 is 0. The number of hydrogen-bond donors (Lipinski definition) is 3. The average molecular weight is 616 g/mol. The molecule has 4 aromatic rings. The van der Waals surface area contributed by atoms with Crippen LogP contribution < -0.4 is 32.9 Å². The van der Waals surface area contributed by atoms with Crippen LogP contribution in [0.4, 0.5) is 5.82 Å². The van der Waals surface area contributed by atoms with Gasteiger partial charge in [0, 0.05) is 0 Å². The lowest BCUT2D eigenvalue weighted by molar-refractivity contribution is -0.156.